The van der Waals surface area contributed by atoms with E-state index in [9.17, 15) is 0 Å². The second kappa shape index (κ2) is 5.37. The van der Waals surface area contributed by atoms with E-state index in [0.29, 0.717) is 17.0 Å². The number of nitrogens with zero attached hydrogens (tertiary/aromatic N) is 1. The topological polar surface area (TPSA) is 15.3 Å². The van der Waals surface area contributed by atoms with Crippen molar-refractivity contribution in [2.24, 2.45) is 17.3 Å². The van der Waals surface area contributed by atoms with Crippen molar-refractivity contribution in [2.45, 2.75) is 72.4 Å². The third-order valence-electron chi connectivity index (χ3n) is 5.14. The van der Waals surface area contributed by atoms with Crippen LogP contribution in [0.5, 0.6) is 0 Å². The normalized spacial score (nSPS) is 33.9. The predicted molar refractivity (Wildman–Crippen MR) is 83.4 cm³/mol. The highest BCUT2D eigenvalue weighted by molar-refractivity contribution is 5.05. The fourth-order valence-electron chi connectivity index (χ4n) is 3.55. The molecule has 0 aromatic carbocycles. The van der Waals surface area contributed by atoms with Crippen LogP contribution in [0.15, 0.2) is 0 Å². The van der Waals surface area contributed by atoms with Crippen LogP contribution in [0.1, 0.15) is 60.8 Å². The van der Waals surface area contributed by atoms with Gasteiger partial charge in [0.15, 0.2) is 0 Å². The molecule has 1 aliphatic heterocycles. The molecule has 1 saturated heterocycles. The van der Waals surface area contributed by atoms with Crippen LogP contribution in [-0.2, 0) is 0 Å². The van der Waals surface area contributed by atoms with E-state index in [1.165, 1.54) is 32.4 Å². The molecule has 2 aliphatic rings. The third-order valence-corrected chi connectivity index (χ3v) is 5.14. The summed E-state index contributed by atoms with van der Waals surface area (Å²) in [7, 11) is 0. The standard InChI is InChI=1S/C17H34N2/c1-13(2)9-10-19-12-17(6,14-7-8-14)18-11-15(19)16(3,4)5/h13-15,18H,7-12H2,1-6H3. The number of rotatable bonds is 4. The van der Waals surface area contributed by atoms with Gasteiger partial charge in [-0.2, -0.15) is 0 Å². The summed E-state index contributed by atoms with van der Waals surface area (Å²) in [5, 5.41) is 3.89. The van der Waals surface area contributed by atoms with Crippen LogP contribution in [0.2, 0.25) is 0 Å². The first-order chi connectivity index (χ1) is 8.72. The highest BCUT2D eigenvalue weighted by Gasteiger charge is 2.47. The van der Waals surface area contributed by atoms with Gasteiger partial charge in [-0.15, -0.1) is 0 Å². The maximum absolute atomic E-state index is 3.89. The Kier molecular flexibility index (Phi) is 4.32. The quantitative estimate of drug-likeness (QED) is 0.837. The molecule has 0 spiro atoms. The van der Waals surface area contributed by atoms with Crippen molar-refractivity contribution in [3.63, 3.8) is 0 Å². The van der Waals surface area contributed by atoms with Gasteiger partial charge in [0.2, 0.25) is 0 Å². The first kappa shape index (κ1) is 15.3. The molecule has 1 saturated carbocycles. The van der Waals surface area contributed by atoms with Crippen LogP contribution in [0.3, 0.4) is 0 Å². The van der Waals surface area contributed by atoms with E-state index in [-0.39, 0.29) is 0 Å². The molecule has 0 aromatic heterocycles. The van der Waals surface area contributed by atoms with Crippen LogP contribution >= 0.6 is 0 Å². The Balaban J connectivity index is 2.04. The van der Waals surface area contributed by atoms with E-state index in [2.05, 4.69) is 51.8 Å². The number of hydrogen-bond acceptors (Lipinski definition) is 2. The van der Waals surface area contributed by atoms with E-state index in [0.717, 1.165) is 18.4 Å². The molecule has 1 heterocycles. The summed E-state index contributed by atoms with van der Waals surface area (Å²) in [6.07, 6.45) is 4.19. The van der Waals surface area contributed by atoms with Gasteiger partial charge < -0.3 is 5.32 Å². The van der Waals surface area contributed by atoms with Gasteiger partial charge in [0.1, 0.15) is 0 Å². The van der Waals surface area contributed by atoms with E-state index in [1.807, 2.05) is 0 Å². The van der Waals surface area contributed by atoms with Gasteiger partial charge >= 0.3 is 0 Å². The molecule has 2 atom stereocenters. The van der Waals surface area contributed by atoms with Crippen LogP contribution in [0.4, 0.5) is 0 Å². The molecule has 112 valence electrons. The molecule has 0 radical (unpaired) electrons. The molecule has 19 heavy (non-hydrogen) atoms. The Morgan fingerprint density at radius 1 is 1.26 bits per heavy atom. The predicted octanol–water partition coefficient (Wildman–Crippen LogP) is 3.52. The fourth-order valence-corrected chi connectivity index (χ4v) is 3.55. The van der Waals surface area contributed by atoms with E-state index < -0.39 is 0 Å². The summed E-state index contributed by atoms with van der Waals surface area (Å²) in [6, 6.07) is 0.679. The first-order valence-corrected chi connectivity index (χ1v) is 8.21. The van der Waals surface area contributed by atoms with E-state index >= 15 is 0 Å². The maximum Gasteiger partial charge on any atom is 0.0309 e. The second-order valence-corrected chi connectivity index (χ2v) is 8.61. The van der Waals surface area contributed by atoms with Gasteiger partial charge in [-0.1, -0.05) is 34.6 Å². The molecule has 0 amide bonds. The van der Waals surface area contributed by atoms with Crippen molar-refractivity contribution in [3.8, 4) is 0 Å². The van der Waals surface area contributed by atoms with Gasteiger partial charge in [-0.25, -0.2) is 0 Å². The minimum Gasteiger partial charge on any atom is -0.308 e. The smallest absolute Gasteiger partial charge is 0.0309 e. The van der Waals surface area contributed by atoms with Crippen molar-refractivity contribution >= 4 is 0 Å². The third kappa shape index (κ3) is 3.72. The van der Waals surface area contributed by atoms with Crippen molar-refractivity contribution in [3.05, 3.63) is 0 Å². The van der Waals surface area contributed by atoms with Crippen LogP contribution in [-0.4, -0.2) is 36.1 Å². The SMILES string of the molecule is CC(C)CCN1CC(C)(C2CC2)NCC1C(C)(C)C. The summed E-state index contributed by atoms with van der Waals surface area (Å²) in [6.45, 7) is 18.0. The largest absolute Gasteiger partial charge is 0.308 e. The molecule has 2 nitrogen and oxygen atoms in total. The van der Waals surface area contributed by atoms with Gasteiger partial charge in [-0.05, 0) is 50.0 Å². The Morgan fingerprint density at radius 3 is 2.37 bits per heavy atom. The Hall–Kier alpha value is -0.0800. The van der Waals surface area contributed by atoms with Gasteiger partial charge in [0.05, 0.1) is 0 Å². The first-order valence-electron chi connectivity index (χ1n) is 8.21. The van der Waals surface area contributed by atoms with Crippen LogP contribution in [0, 0.1) is 17.3 Å². The average molecular weight is 266 g/mol. The zero-order valence-electron chi connectivity index (χ0n) is 13.9. The number of nitrogens with one attached hydrogen (secondary N) is 1. The molecular weight excluding hydrogens is 232 g/mol. The van der Waals surface area contributed by atoms with E-state index in [4.69, 9.17) is 0 Å². The minimum atomic E-state index is 0.370. The molecule has 2 fully saturated rings. The number of hydrogen-bond donors (Lipinski definition) is 1. The molecule has 2 rings (SSSR count). The lowest BCUT2D eigenvalue weighted by atomic mass is 9.80. The van der Waals surface area contributed by atoms with Crippen LogP contribution < -0.4 is 5.32 Å². The molecule has 1 N–H and O–H groups in total. The zero-order chi connectivity index (χ0) is 14.3. The van der Waals surface area contributed by atoms with Crippen LogP contribution in [0.25, 0.3) is 0 Å². The van der Waals surface area contributed by atoms with Gasteiger partial charge in [0, 0.05) is 24.7 Å². The molecule has 2 heteroatoms. The second-order valence-electron chi connectivity index (χ2n) is 8.61. The summed E-state index contributed by atoms with van der Waals surface area (Å²) >= 11 is 0. The lowest BCUT2D eigenvalue weighted by Crippen LogP contribution is -2.66. The lowest BCUT2D eigenvalue weighted by molar-refractivity contribution is 0.0176. The average Bonchev–Trinajstić information content (AvgIpc) is 3.08. The fraction of sp³-hybridized carbons (Fsp3) is 1.00. The monoisotopic (exact) mass is 266 g/mol. The highest BCUT2D eigenvalue weighted by atomic mass is 15.3. The molecular formula is C17H34N2. The van der Waals surface area contributed by atoms with Gasteiger partial charge in [-0.3, -0.25) is 4.90 Å². The highest BCUT2D eigenvalue weighted by Crippen LogP contribution is 2.42. The molecule has 0 aromatic rings. The summed E-state index contributed by atoms with van der Waals surface area (Å²) in [4.78, 5) is 2.79. The number of piperazine rings is 1. The zero-order valence-corrected chi connectivity index (χ0v) is 13.9. The van der Waals surface area contributed by atoms with Gasteiger partial charge in [0.25, 0.3) is 0 Å². The minimum absolute atomic E-state index is 0.370. The van der Waals surface area contributed by atoms with Crippen molar-refractivity contribution < 1.29 is 0 Å². The van der Waals surface area contributed by atoms with Crippen molar-refractivity contribution in [1.29, 1.82) is 0 Å². The molecule has 0 bridgehead atoms. The van der Waals surface area contributed by atoms with Crippen molar-refractivity contribution in [2.75, 3.05) is 19.6 Å². The Morgan fingerprint density at radius 2 is 1.89 bits per heavy atom. The molecule has 2 unspecified atom stereocenters. The van der Waals surface area contributed by atoms with Crippen molar-refractivity contribution in [1.82, 2.24) is 10.2 Å². The summed E-state index contributed by atoms with van der Waals surface area (Å²) in [5.74, 6) is 1.73. The summed E-state index contributed by atoms with van der Waals surface area (Å²) < 4.78 is 0. The van der Waals surface area contributed by atoms with E-state index in [1.54, 1.807) is 0 Å². The lowest BCUT2D eigenvalue weighted by Gasteiger charge is -2.51. The maximum atomic E-state index is 3.89. The summed E-state index contributed by atoms with van der Waals surface area (Å²) in [5.41, 5.74) is 0.744. The Labute approximate surface area is 120 Å². The Bertz CT molecular complexity index is 301. The molecule has 1 aliphatic carbocycles.